The summed E-state index contributed by atoms with van der Waals surface area (Å²) in [6, 6.07) is 9.63. The van der Waals surface area contributed by atoms with Crippen molar-refractivity contribution in [2.24, 2.45) is 0 Å². The van der Waals surface area contributed by atoms with Gasteiger partial charge in [0.2, 0.25) is 11.8 Å². The maximum Gasteiger partial charge on any atom is 0.247 e. The van der Waals surface area contributed by atoms with Crippen LogP contribution >= 0.6 is 11.3 Å². The van der Waals surface area contributed by atoms with Crippen LogP contribution in [0, 0.1) is 13.8 Å². The molecule has 2 aromatic rings. The Balaban J connectivity index is 1.99. The van der Waals surface area contributed by atoms with Crippen LogP contribution in [0.25, 0.3) is 6.08 Å². The van der Waals surface area contributed by atoms with Crippen LogP contribution in [-0.2, 0) is 9.59 Å². The molecule has 1 N–H and O–H groups in total. The van der Waals surface area contributed by atoms with Gasteiger partial charge in [0.1, 0.15) is 6.54 Å². The predicted octanol–water partition coefficient (Wildman–Crippen LogP) is 4.04. The first-order valence-corrected chi connectivity index (χ1v) is 9.57. The zero-order valence-electron chi connectivity index (χ0n) is 15.5. The molecule has 1 heterocycles. The minimum atomic E-state index is -0.226. The van der Waals surface area contributed by atoms with E-state index in [1.165, 1.54) is 17.4 Å². The number of benzene rings is 1. The molecule has 0 aliphatic rings. The molecule has 0 fully saturated rings. The van der Waals surface area contributed by atoms with Crippen LogP contribution in [0.2, 0.25) is 0 Å². The molecule has 0 spiro atoms. The lowest BCUT2D eigenvalue weighted by Gasteiger charge is -2.20. The van der Waals surface area contributed by atoms with Crippen LogP contribution in [0.4, 0.5) is 5.13 Å². The molecule has 1 aromatic heterocycles. The fourth-order valence-corrected chi connectivity index (χ4v) is 3.14. The molecule has 138 valence electrons. The molecule has 2 rings (SSSR count). The second-order valence-electron chi connectivity index (χ2n) is 6.07. The number of nitrogens with one attached hydrogen (secondary N) is 1. The van der Waals surface area contributed by atoms with Gasteiger partial charge in [-0.3, -0.25) is 9.59 Å². The molecule has 0 saturated carbocycles. The molecule has 0 atom stereocenters. The fourth-order valence-electron chi connectivity index (χ4n) is 2.31. The molecule has 2 amide bonds. The zero-order valence-corrected chi connectivity index (χ0v) is 16.3. The van der Waals surface area contributed by atoms with E-state index in [-0.39, 0.29) is 18.4 Å². The van der Waals surface area contributed by atoms with Crippen molar-refractivity contribution in [2.75, 3.05) is 18.4 Å². The van der Waals surface area contributed by atoms with Gasteiger partial charge in [-0.1, -0.05) is 43.7 Å². The molecule has 1 aromatic carbocycles. The summed E-state index contributed by atoms with van der Waals surface area (Å²) >= 11 is 1.44. The minimum absolute atomic E-state index is 0.0235. The number of aromatic nitrogens is 1. The Kier molecular flexibility index (Phi) is 7.53. The first-order chi connectivity index (χ1) is 12.5. The first-order valence-electron chi connectivity index (χ1n) is 8.75. The number of thiazole rings is 1. The molecule has 26 heavy (non-hydrogen) atoms. The number of anilines is 1. The summed E-state index contributed by atoms with van der Waals surface area (Å²) in [6.07, 6.45) is 5.11. The number of hydrogen-bond donors (Lipinski definition) is 1. The normalized spacial score (nSPS) is 10.9. The molecule has 6 heteroatoms. The van der Waals surface area contributed by atoms with E-state index in [0.717, 1.165) is 29.0 Å². The lowest BCUT2D eigenvalue weighted by atomic mass is 10.2. The van der Waals surface area contributed by atoms with Gasteiger partial charge in [0, 0.05) is 17.5 Å². The summed E-state index contributed by atoms with van der Waals surface area (Å²) in [5.41, 5.74) is 1.87. The lowest BCUT2D eigenvalue weighted by molar-refractivity contribution is -0.130. The highest BCUT2D eigenvalue weighted by atomic mass is 32.1. The third-order valence-electron chi connectivity index (χ3n) is 3.92. The molecular formula is C20H25N3O2S. The Morgan fingerprint density at radius 2 is 1.96 bits per heavy atom. The first kappa shape index (κ1) is 19.8. The quantitative estimate of drug-likeness (QED) is 0.712. The van der Waals surface area contributed by atoms with Crippen molar-refractivity contribution in [3.63, 3.8) is 0 Å². The Morgan fingerprint density at radius 3 is 2.58 bits per heavy atom. The van der Waals surface area contributed by atoms with Crippen LogP contribution < -0.4 is 5.32 Å². The number of aryl methyl sites for hydroxylation is 2. The number of carbonyl (C=O) groups is 2. The summed E-state index contributed by atoms with van der Waals surface area (Å²) in [6.45, 7) is 6.51. The monoisotopic (exact) mass is 371 g/mol. The van der Waals surface area contributed by atoms with Crippen LogP contribution in [-0.4, -0.2) is 34.8 Å². The molecular weight excluding hydrogens is 346 g/mol. The Bertz CT molecular complexity index is 749. The van der Waals surface area contributed by atoms with Crippen LogP contribution in [0.3, 0.4) is 0 Å². The van der Waals surface area contributed by atoms with Gasteiger partial charge in [0.15, 0.2) is 5.13 Å². The number of amides is 2. The van der Waals surface area contributed by atoms with Crippen molar-refractivity contribution < 1.29 is 9.59 Å². The van der Waals surface area contributed by atoms with Gasteiger partial charge in [0.25, 0.3) is 0 Å². The highest BCUT2D eigenvalue weighted by molar-refractivity contribution is 7.15. The second-order valence-corrected chi connectivity index (χ2v) is 7.27. The molecule has 0 radical (unpaired) electrons. The summed E-state index contributed by atoms with van der Waals surface area (Å²) < 4.78 is 0. The molecule has 0 aliphatic heterocycles. The third-order valence-corrected chi connectivity index (χ3v) is 4.91. The molecule has 5 nitrogen and oxygen atoms in total. The Hall–Kier alpha value is -2.47. The van der Waals surface area contributed by atoms with Gasteiger partial charge in [0.05, 0.1) is 5.69 Å². The molecule has 0 aliphatic carbocycles. The summed E-state index contributed by atoms with van der Waals surface area (Å²) in [5, 5.41) is 3.37. The Labute approximate surface area is 158 Å². The lowest BCUT2D eigenvalue weighted by Crippen LogP contribution is -2.37. The predicted molar refractivity (Wildman–Crippen MR) is 107 cm³/mol. The Morgan fingerprint density at radius 1 is 1.23 bits per heavy atom. The van der Waals surface area contributed by atoms with Crippen molar-refractivity contribution in [3.05, 3.63) is 52.5 Å². The average molecular weight is 372 g/mol. The fraction of sp³-hybridized carbons (Fsp3) is 0.350. The van der Waals surface area contributed by atoms with E-state index in [2.05, 4.69) is 17.2 Å². The van der Waals surface area contributed by atoms with Gasteiger partial charge in [-0.25, -0.2) is 4.98 Å². The number of rotatable bonds is 8. The van der Waals surface area contributed by atoms with Crippen molar-refractivity contribution in [1.82, 2.24) is 9.88 Å². The smallest absolute Gasteiger partial charge is 0.247 e. The van der Waals surface area contributed by atoms with Crippen molar-refractivity contribution in [1.29, 1.82) is 0 Å². The van der Waals surface area contributed by atoms with E-state index >= 15 is 0 Å². The number of nitrogens with zero attached hydrogens (tertiary/aromatic N) is 2. The van der Waals surface area contributed by atoms with Crippen molar-refractivity contribution in [3.8, 4) is 0 Å². The van der Waals surface area contributed by atoms with Gasteiger partial charge < -0.3 is 10.2 Å². The van der Waals surface area contributed by atoms with E-state index in [1.807, 2.05) is 44.2 Å². The third kappa shape index (κ3) is 6.11. The van der Waals surface area contributed by atoms with Gasteiger partial charge in [-0.05, 0) is 31.9 Å². The van der Waals surface area contributed by atoms with E-state index in [4.69, 9.17) is 0 Å². The largest absolute Gasteiger partial charge is 0.330 e. The van der Waals surface area contributed by atoms with Crippen molar-refractivity contribution in [2.45, 2.75) is 33.6 Å². The van der Waals surface area contributed by atoms with Gasteiger partial charge in [-0.15, -0.1) is 11.3 Å². The highest BCUT2D eigenvalue weighted by Crippen LogP contribution is 2.20. The van der Waals surface area contributed by atoms with E-state index in [1.54, 1.807) is 11.0 Å². The SMILES string of the molecule is CCCCN(CC(=O)Nc1nc(C)c(C)s1)C(=O)/C=C/c1ccccc1. The van der Waals surface area contributed by atoms with Crippen molar-refractivity contribution >= 4 is 34.4 Å². The second kappa shape index (κ2) is 9.87. The topological polar surface area (TPSA) is 62.3 Å². The van der Waals surface area contributed by atoms with E-state index in [0.29, 0.717) is 11.7 Å². The average Bonchev–Trinajstić information content (AvgIpc) is 2.94. The standard InChI is InChI=1S/C20H25N3O2S/c1-4-5-13-23(19(25)12-11-17-9-7-6-8-10-17)14-18(24)22-20-21-15(2)16(3)26-20/h6-12H,4-5,13-14H2,1-3H3,(H,21,22,24)/b12-11+. The van der Waals surface area contributed by atoms with E-state index < -0.39 is 0 Å². The zero-order chi connectivity index (χ0) is 18.9. The number of carbonyl (C=O) groups excluding carboxylic acids is 2. The highest BCUT2D eigenvalue weighted by Gasteiger charge is 2.16. The maximum atomic E-state index is 12.5. The number of unbranched alkanes of at least 4 members (excludes halogenated alkanes) is 1. The molecule has 0 saturated heterocycles. The minimum Gasteiger partial charge on any atom is -0.330 e. The number of hydrogen-bond acceptors (Lipinski definition) is 4. The molecule has 0 bridgehead atoms. The van der Waals surface area contributed by atoms with Gasteiger partial charge >= 0.3 is 0 Å². The summed E-state index contributed by atoms with van der Waals surface area (Å²) in [5.74, 6) is -0.389. The molecule has 0 unspecified atom stereocenters. The maximum absolute atomic E-state index is 12.5. The van der Waals surface area contributed by atoms with Crippen LogP contribution in [0.5, 0.6) is 0 Å². The summed E-state index contributed by atoms with van der Waals surface area (Å²) in [7, 11) is 0. The van der Waals surface area contributed by atoms with Crippen LogP contribution in [0.1, 0.15) is 35.9 Å². The van der Waals surface area contributed by atoms with Crippen LogP contribution in [0.15, 0.2) is 36.4 Å². The van der Waals surface area contributed by atoms with E-state index in [9.17, 15) is 9.59 Å². The summed E-state index contributed by atoms with van der Waals surface area (Å²) in [4.78, 5) is 31.8. The van der Waals surface area contributed by atoms with Gasteiger partial charge in [-0.2, -0.15) is 0 Å².